The van der Waals surface area contributed by atoms with Crippen molar-refractivity contribution in [2.24, 2.45) is 0 Å². The lowest BCUT2D eigenvalue weighted by Gasteiger charge is -2.32. The molecule has 3 aromatic carbocycles. The molecule has 5 rings (SSSR count). The topological polar surface area (TPSA) is 152 Å². The average Bonchev–Trinajstić information content (AvgIpc) is 2.80. The summed E-state index contributed by atoms with van der Waals surface area (Å²) in [5.74, 6) is -3.98. The number of aryl methyl sites for hydroxylation is 1. The van der Waals surface area contributed by atoms with Gasteiger partial charge in [0.1, 0.15) is 29.3 Å². The molecule has 0 aliphatic heterocycles. The van der Waals surface area contributed by atoms with Crippen molar-refractivity contribution in [1.29, 1.82) is 0 Å². The van der Waals surface area contributed by atoms with Gasteiger partial charge in [-0.3, -0.25) is 9.59 Å². The summed E-state index contributed by atoms with van der Waals surface area (Å²) in [6.45, 7) is 1.90. The second-order valence-electron chi connectivity index (χ2n) is 8.12. The number of aliphatic hydroxyl groups is 2. The molecule has 2 aliphatic carbocycles. The molecule has 0 saturated carbocycles. The highest BCUT2D eigenvalue weighted by Gasteiger charge is 2.41. The first-order chi connectivity index (χ1) is 15.7. The van der Waals surface area contributed by atoms with Gasteiger partial charge in [0.2, 0.25) is 0 Å². The maximum atomic E-state index is 13.3. The Labute approximate surface area is 187 Å². The lowest BCUT2D eigenvalue weighted by Crippen LogP contribution is -2.25. The Morgan fingerprint density at radius 2 is 1.45 bits per heavy atom. The number of carbonyl (C=O) groups excluding carboxylic acids is 2. The summed E-state index contributed by atoms with van der Waals surface area (Å²) in [4.78, 5) is 38.1. The molecule has 2 atom stereocenters. The smallest absolute Gasteiger partial charge is 0.339 e. The van der Waals surface area contributed by atoms with E-state index in [9.17, 15) is 39.9 Å². The third-order valence-electron chi connectivity index (χ3n) is 6.41. The molecule has 2 unspecified atom stereocenters. The predicted molar refractivity (Wildman–Crippen MR) is 115 cm³/mol. The van der Waals surface area contributed by atoms with E-state index in [0.717, 1.165) is 11.6 Å². The maximum absolute atomic E-state index is 13.3. The van der Waals surface area contributed by atoms with Crippen molar-refractivity contribution >= 4 is 17.5 Å². The first-order valence-electron chi connectivity index (χ1n) is 10.2. The number of hydrogen-bond acceptors (Lipinski definition) is 7. The van der Waals surface area contributed by atoms with E-state index in [1.54, 1.807) is 12.1 Å². The molecule has 0 heterocycles. The van der Waals surface area contributed by atoms with Gasteiger partial charge in [0.05, 0.1) is 5.56 Å². The summed E-state index contributed by atoms with van der Waals surface area (Å²) >= 11 is 0. The Kier molecular flexibility index (Phi) is 4.42. The number of rotatable bonds is 2. The molecule has 0 saturated heterocycles. The Hall–Kier alpha value is -4.01. The number of carboxylic acids is 1. The fourth-order valence-electron chi connectivity index (χ4n) is 4.70. The van der Waals surface area contributed by atoms with Crippen LogP contribution < -0.4 is 0 Å². The van der Waals surface area contributed by atoms with E-state index in [2.05, 4.69) is 0 Å². The van der Waals surface area contributed by atoms with Crippen LogP contribution in [0.2, 0.25) is 0 Å². The van der Waals surface area contributed by atoms with Crippen LogP contribution in [0.3, 0.4) is 0 Å². The summed E-state index contributed by atoms with van der Waals surface area (Å²) in [7, 11) is 0. The molecule has 0 amide bonds. The average molecular weight is 446 g/mol. The minimum absolute atomic E-state index is 0.0182. The van der Waals surface area contributed by atoms with Crippen molar-refractivity contribution in [3.05, 3.63) is 80.9 Å². The zero-order chi connectivity index (χ0) is 23.8. The maximum Gasteiger partial charge on any atom is 0.339 e. The highest BCUT2D eigenvalue weighted by molar-refractivity contribution is 6.30. The van der Waals surface area contributed by atoms with E-state index in [1.807, 2.05) is 6.92 Å². The van der Waals surface area contributed by atoms with Gasteiger partial charge in [-0.05, 0) is 41.3 Å². The second-order valence-corrected chi connectivity index (χ2v) is 8.12. The Morgan fingerprint density at radius 3 is 2.12 bits per heavy atom. The second kappa shape index (κ2) is 6.99. The minimum atomic E-state index is -1.59. The van der Waals surface area contributed by atoms with Gasteiger partial charge in [-0.1, -0.05) is 25.1 Å². The van der Waals surface area contributed by atoms with Crippen LogP contribution in [0.4, 0.5) is 0 Å². The van der Waals surface area contributed by atoms with E-state index in [4.69, 9.17) is 0 Å². The molecule has 0 aromatic heterocycles. The van der Waals surface area contributed by atoms with Crippen molar-refractivity contribution in [1.82, 2.24) is 0 Å². The molecule has 0 bridgehead atoms. The molecule has 0 radical (unpaired) electrons. The number of fused-ring (bicyclic) bond motifs is 5. The first-order valence-corrected chi connectivity index (χ1v) is 10.2. The SMILES string of the molecule is CCc1ccc2c(c1)C(=O)c1cc3c(c(O)c1C2=O)-c1c(ccc(C(=O)O)c1O)C(O)C3O. The third kappa shape index (κ3) is 2.68. The Morgan fingerprint density at radius 1 is 0.788 bits per heavy atom. The van der Waals surface area contributed by atoms with Gasteiger partial charge >= 0.3 is 5.97 Å². The quantitative estimate of drug-likeness (QED) is 0.315. The van der Waals surface area contributed by atoms with Gasteiger partial charge in [-0.15, -0.1) is 0 Å². The molecule has 3 aromatic rings. The summed E-state index contributed by atoms with van der Waals surface area (Å²) in [5, 5.41) is 52.6. The van der Waals surface area contributed by atoms with Gasteiger partial charge in [0.25, 0.3) is 0 Å². The molecule has 2 aliphatic rings. The first kappa shape index (κ1) is 20.9. The van der Waals surface area contributed by atoms with Crippen molar-refractivity contribution in [2.75, 3.05) is 0 Å². The van der Waals surface area contributed by atoms with Crippen molar-refractivity contribution in [3.8, 4) is 22.6 Å². The molecule has 33 heavy (non-hydrogen) atoms. The number of phenols is 2. The zero-order valence-electron chi connectivity index (χ0n) is 17.3. The van der Waals surface area contributed by atoms with Crippen LogP contribution >= 0.6 is 0 Å². The third-order valence-corrected chi connectivity index (χ3v) is 6.41. The normalized spacial score (nSPS) is 18.3. The van der Waals surface area contributed by atoms with Crippen molar-refractivity contribution in [2.45, 2.75) is 25.6 Å². The highest BCUT2D eigenvalue weighted by atomic mass is 16.4. The van der Waals surface area contributed by atoms with Gasteiger partial charge in [0.15, 0.2) is 11.6 Å². The zero-order valence-corrected chi connectivity index (χ0v) is 17.3. The number of benzene rings is 3. The summed E-state index contributed by atoms with van der Waals surface area (Å²) in [6, 6.07) is 8.36. The van der Waals surface area contributed by atoms with Crippen LogP contribution in [0, 0.1) is 0 Å². The fourth-order valence-corrected chi connectivity index (χ4v) is 4.70. The monoisotopic (exact) mass is 446 g/mol. The highest BCUT2D eigenvalue weighted by Crippen LogP contribution is 2.54. The Balaban J connectivity index is 1.85. The van der Waals surface area contributed by atoms with Crippen LogP contribution in [0.15, 0.2) is 36.4 Å². The van der Waals surface area contributed by atoms with Crippen LogP contribution in [-0.2, 0) is 6.42 Å². The van der Waals surface area contributed by atoms with Crippen LogP contribution in [0.1, 0.15) is 78.0 Å². The van der Waals surface area contributed by atoms with Gasteiger partial charge in [-0.25, -0.2) is 4.79 Å². The summed E-state index contributed by atoms with van der Waals surface area (Å²) in [6.07, 6.45) is -2.51. The van der Waals surface area contributed by atoms with Crippen molar-refractivity contribution in [3.63, 3.8) is 0 Å². The number of carboxylic acid groups (broad SMARTS) is 1. The standard InChI is InChI=1S/C25H18O8/c1-2-9-3-4-10-13(7-9)19(26)15-8-14-17(24(31)18(15)20(10)27)16-11(22(29)23(14)30)5-6-12(21(16)28)25(32)33/h3-8,22-23,28-31H,2H2,1H3,(H,32,33). The van der Waals surface area contributed by atoms with Crippen LogP contribution in [0.25, 0.3) is 11.1 Å². The van der Waals surface area contributed by atoms with Gasteiger partial charge < -0.3 is 25.5 Å². The lowest BCUT2D eigenvalue weighted by molar-refractivity contribution is 0.0154. The number of ketones is 2. The van der Waals surface area contributed by atoms with E-state index in [1.165, 1.54) is 18.2 Å². The molecule has 8 nitrogen and oxygen atoms in total. The molecule has 0 fully saturated rings. The lowest BCUT2D eigenvalue weighted by atomic mass is 9.74. The molecular formula is C25H18O8. The minimum Gasteiger partial charge on any atom is -0.506 e. The summed E-state index contributed by atoms with van der Waals surface area (Å²) in [5.41, 5.74) is -0.321. The molecule has 0 spiro atoms. The number of carbonyl (C=O) groups is 3. The van der Waals surface area contributed by atoms with E-state index < -0.39 is 46.8 Å². The largest absolute Gasteiger partial charge is 0.506 e. The Bertz CT molecular complexity index is 1420. The molecule has 8 heteroatoms. The fraction of sp³-hybridized carbons (Fsp3) is 0.160. The van der Waals surface area contributed by atoms with E-state index >= 15 is 0 Å². The van der Waals surface area contributed by atoms with Crippen LogP contribution in [0.5, 0.6) is 11.5 Å². The van der Waals surface area contributed by atoms with E-state index in [0.29, 0.717) is 6.42 Å². The molecule has 166 valence electrons. The van der Waals surface area contributed by atoms with Gasteiger partial charge in [-0.2, -0.15) is 0 Å². The summed E-state index contributed by atoms with van der Waals surface area (Å²) < 4.78 is 0. The van der Waals surface area contributed by atoms with Crippen molar-refractivity contribution < 1.29 is 39.9 Å². The predicted octanol–water partition coefficient (Wildman–Crippen LogP) is 2.88. The number of aromatic carboxylic acids is 1. The molecule has 5 N–H and O–H groups in total. The number of hydrogen-bond donors (Lipinski definition) is 5. The number of aromatic hydroxyl groups is 2. The van der Waals surface area contributed by atoms with Gasteiger partial charge in [0, 0.05) is 27.8 Å². The number of aliphatic hydroxyl groups excluding tert-OH is 2. The number of phenolic OH excluding ortho intramolecular Hbond substituents is 1. The molecular weight excluding hydrogens is 428 g/mol. The van der Waals surface area contributed by atoms with Crippen LogP contribution in [-0.4, -0.2) is 43.1 Å². The van der Waals surface area contributed by atoms with E-state index in [-0.39, 0.29) is 44.5 Å².